The Balaban J connectivity index is 2.88. The van der Waals surface area contributed by atoms with Gasteiger partial charge in [-0.15, -0.1) is 11.6 Å². The molecule has 0 heterocycles. The second kappa shape index (κ2) is 7.33. The van der Waals surface area contributed by atoms with Crippen LogP contribution in [0.2, 0.25) is 0 Å². The van der Waals surface area contributed by atoms with E-state index in [1.807, 2.05) is 0 Å². The minimum Gasteiger partial charge on any atom is -0.383 e. The van der Waals surface area contributed by atoms with Gasteiger partial charge < -0.3 is 10.1 Å². The van der Waals surface area contributed by atoms with Crippen molar-refractivity contribution < 1.29 is 26.3 Å². The van der Waals surface area contributed by atoms with Crippen LogP contribution in [0.4, 0.5) is 18.9 Å². The van der Waals surface area contributed by atoms with Crippen LogP contribution in [0.25, 0.3) is 0 Å². The molecule has 0 aliphatic rings. The van der Waals surface area contributed by atoms with Crippen LogP contribution in [0.3, 0.4) is 0 Å². The topological polar surface area (TPSA) is 55.4 Å². The molecule has 0 aliphatic carbocycles. The summed E-state index contributed by atoms with van der Waals surface area (Å²) in [5, 5.41) is 3.01. The van der Waals surface area contributed by atoms with E-state index in [9.17, 15) is 21.6 Å². The molecule has 0 radical (unpaired) electrons. The molecule has 1 N–H and O–H groups in total. The highest BCUT2D eigenvalue weighted by Gasteiger charge is 2.46. The molecule has 1 atom stereocenters. The Kier molecular flexibility index (Phi) is 6.30. The van der Waals surface area contributed by atoms with Gasteiger partial charge in [-0.05, 0) is 30.7 Å². The highest BCUT2D eigenvalue weighted by Crippen LogP contribution is 2.30. The summed E-state index contributed by atoms with van der Waals surface area (Å²) < 4.78 is 64.6. The predicted molar refractivity (Wildman–Crippen MR) is 74.3 cm³/mol. The lowest BCUT2D eigenvalue weighted by atomic mass is 10.2. The van der Waals surface area contributed by atoms with E-state index in [4.69, 9.17) is 16.3 Å². The zero-order chi connectivity index (χ0) is 16.1. The molecule has 0 fully saturated rings. The second-order valence-corrected chi connectivity index (χ2v) is 6.57. The monoisotopic (exact) mass is 345 g/mol. The molecule has 1 rings (SSSR count). The first-order valence-corrected chi connectivity index (χ1v) is 7.97. The Hall–Kier alpha value is -0.990. The predicted octanol–water partition coefficient (Wildman–Crippen LogP) is 3.04. The van der Waals surface area contributed by atoms with E-state index in [-0.39, 0.29) is 6.04 Å². The van der Waals surface area contributed by atoms with Gasteiger partial charge in [-0.1, -0.05) is 0 Å². The number of methoxy groups -OCH3 is 1. The van der Waals surface area contributed by atoms with E-state index in [1.54, 1.807) is 0 Å². The molecule has 21 heavy (non-hydrogen) atoms. The van der Waals surface area contributed by atoms with Gasteiger partial charge in [0, 0.05) is 18.7 Å². The molecule has 9 heteroatoms. The van der Waals surface area contributed by atoms with Crippen LogP contribution in [0.1, 0.15) is 6.42 Å². The summed E-state index contributed by atoms with van der Waals surface area (Å²) in [5.41, 5.74) is -4.82. The smallest absolute Gasteiger partial charge is 0.383 e. The van der Waals surface area contributed by atoms with E-state index in [1.165, 1.54) is 19.2 Å². The van der Waals surface area contributed by atoms with Gasteiger partial charge >= 0.3 is 5.51 Å². The Morgan fingerprint density at radius 1 is 1.29 bits per heavy atom. The number of alkyl halides is 4. The van der Waals surface area contributed by atoms with Gasteiger partial charge in [-0.25, -0.2) is 8.42 Å². The van der Waals surface area contributed by atoms with Gasteiger partial charge in [0.05, 0.1) is 17.5 Å². The summed E-state index contributed by atoms with van der Waals surface area (Å²) in [4.78, 5) is -0.791. The highest BCUT2D eigenvalue weighted by molar-refractivity contribution is 7.92. The van der Waals surface area contributed by atoms with Crippen LogP contribution in [-0.4, -0.2) is 39.6 Å². The Bertz CT molecular complexity index is 540. The number of hydrogen-bond donors (Lipinski definition) is 1. The van der Waals surface area contributed by atoms with E-state index < -0.39 is 20.2 Å². The zero-order valence-corrected chi connectivity index (χ0v) is 12.7. The molecule has 0 spiro atoms. The largest absolute Gasteiger partial charge is 0.501 e. The van der Waals surface area contributed by atoms with E-state index >= 15 is 0 Å². The van der Waals surface area contributed by atoms with E-state index in [0.29, 0.717) is 24.6 Å². The molecule has 0 saturated heterocycles. The summed E-state index contributed by atoms with van der Waals surface area (Å²) in [6, 6.07) is 4.26. The number of sulfone groups is 1. The van der Waals surface area contributed by atoms with Crippen LogP contribution in [-0.2, 0) is 14.6 Å². The molecular formula is C12H15ClF3NO3S. The molecule has 0 aliphatic heterocycles. The quantitative estimate of drug-likeness (QED) is 0.772. The van der Waals surface area contributed by atoms with Crippen molar-refractivity contribution in [3.63, 3.8) is 0 Å². The van der Waals surface area contributed by atoms with Crippen molar-refractivity contribution in [1.29, 1.82) is 0 Å². The fourth-order valence-corrected chi connectivity index (χ4v) is 2.65. The lowest BCUT2D eigenvalue weighted by molar-refractivity contribution is -0.0436. The highest BCUT2D eigenvalue weighted by atomic mass is 35.5. The molecule has 1 aromatic carbocycles. The molecule has 4 nitrogen and oxygen atoms in total. The lowest BCUT2D eigenvalue weighted by Gasteiger charge is -2.18. The molecule has 120 valence electrons. The number of rotatable bonds is 7. The number of halogens is 4. The van der Waals surface area contributed by atoms with Crippen molar-refractivity contribution in [3.05, 3.63) is 24.3 Å². The maximum absolute atomic E-state index is 12.4. The molecule has 0 saturated carbocycles. The third-order valence-corrected chi connectivity index (χ3v) is 4.39. The first kappa shape index (κ1) is 18.1. The average Bonchev–Trinajstić information content (AvgIpc) is 2.38. The maximum Gasteiger partial charge on any atom is 0.501 e. The SMILES string of the molecule is COCC(CCCl)Nc1ccc(S(=O)(=O)C(F)(F)F)cc1. The summed E-state index contributed by atoms with van der Waals surface area (Å²) in [6.45, 7) is 0.370. The van der Waals surface area contributed by atoms with E-state index in [2.05, 4.69) is 5.32 Å². The van der Waals surface area contributed by atoms with Gasteiger partial charge in [0.1, 0.15) is 0 Å². The molecule has 1 unspecified atom stereocenters. The van der Waals surface area contributed by atoms with Gasteiger partial charge in [0.15, 0.2) is 0 Å². The van der Waals surface area contributed by atoms with Crippen LogP contribution >= 0.6 is 11.6 Å². The third kappa shape index (κ3) is 4.76. The lowest BCUT2D eigenvalue weighted by Crippen LogP contribution is -2.25. The zero-order valence-electron chi connectivity index (χ0n) is 11.2. The van der Waals surface area contributed by atoms with Crippen molar-refractivity contribution >= 4 is 27.1 Å². The van der Waals surface area contributed by atoms with Gasteiger partial charge in [-0.2, -0.15) is 13.2 Å². The molecule has 0 bridgehead atoms. The molecule has 0 amide bonds. The molecular weight excluding hydrogens is 331 g/mol. The standard InChI is InChI=1S/C12H15ClF3NO3S/c1-20-8-10(6-7-13)17-9-2-4-11(5-3-9)21(18,19)12(14,15)16/h2-5,10,17H,6-8H2,1H3. The van der Waals surface area contributed by atoms with Crippen LogP contribution < -0.4 is 5.32 Å². The van der Waals surface area contributed by atoms with Crippen molar-refractivity contribution in [2.45, 2.75) is 22.9 Å². The first-order valence-electron chi connectivity index (χ1n) is 5.95. The van der Waals surface area contributed by atoms with Gasteiger partial charge in [-0.3, -0.25) is 0 Å². The minimum absolute atomic E-state index is 0.113. The van der Waals surface area contributed by atoms with Crippen molar-refractivity contribution in [3.8, 4) is 0 Å². The Morgan fingerprint density at radius 3 is 2.29 bits per heavy atom. The second-order valence-electron chi connectivity index (χ2n) is 4.25. The summed E-state index contributed by atoms with van der Waals surface area (Å²) >= 11 is 5.63. The van der Waals surface area contributed by atoms with Gasteiger partial charge in [0.25, 0.3) is 9.84 Å². The summed E-state index contributed by atoms with van der Waals surface area (Å²) in [6.07, 6.45) is 0.595. The number of nitrogens with one attached hydrogen (secondary N) is 1. The fourth-order valence-electron chi connectivity index (χ4n) is 1.63. The normalized spacial score (nSPS) is 14.0. The average molecular weight is 346 g/mol. The van der Waals surface area contributed by atoms with Crippen molar-refractivity contribution in [2.75, 3.05) is 24.9 Å². The van der Waals surface area contributed by atoms with Gasteiger partial charge in [0.2, 0.25) is 0 Å². The molecule has 1 aromatic rings. The number of ether oxygens (including phenoxy) is 1. The van der Waals surface area contributed by atoms with Crippen LogP contribution in [0.15, 0.2) is 29.2 Å². The number of benzene rings is 1. The van der Waals surface area contributed by atoms with Crippen molar-refractivity contribution in [2.24, 2.45) is 0 Å². The summed E-state index contributed by atoms with van der Waals surface area (Å²) in [7, 11) is -3.80. The fraction of sp³-hybridized carbons (Fsp3) is 0.500. The van der Waals surface area contributed by atoms with E-state index in [0.717, 1.165) is 12.1 Å². The number of anilines is 1. The van der Waals surface area contributed by atoms with Crippen LogP contribution in [0.5, 0.6) is 0 Å². The molecule has 0 aromatic heterocycles. The maximum atomic E-state index is 12.4. The van der Waals surface area contributed by atoms with Crippen molar-refractivity contribution in [1.82, 2.24) is 0 Å². The van der Waals surface area contributed by atoms with Crippen LogP contribution in [0, 0.1) is 0 Å². The Labute approximate surface area is 126 Å². The summed E-state index contributed by atoms with van der Waals surface area (Å²) in [5.74, 6) is 0.390. The Morgan fingerprint density at radius 2 is 1.86 bits per heavy atom. The third-order valence-electron chi connectivity index (χ3n) is 2.67. The first-order chi connectivity index (χ1) is 9.72. The minimum atomic E-state index is -5.32. The number of hydrogen-bond acceptors (Lipinski definition) is 4.